The van der Waals surface area contributed by atoms with Crippen LogP contribution in [0.2, 0.25) is 10.0 Å². The fourth-order valence-electron chi connectivity index (χ4n) is 3.26. The summed E-state index contributed by atoms with van der Waals surface area (Å²) in [5.41, 5.74) is 1.28. The maximum atomic E-state index is 12.7. The van der Waals surface area contributed by atoms with E-state index in [1.54, 1.807) is 30.6 Å². The summed E-state index contributed by atoms with van der Waals surface area (Å²) < 4.78 is 1.75. The normalized spacial score (nSPS) is 11.6. The molecule has 0 saturated heterocycles. The third-order valence-electron chi connectivity index (χ3n) is 5.00. The third kappa shape index (κ3) is 6.62. The highest BCUT2D eigenvalue weighted by Crippen LogP contribution is 2.25. The first-order chi connectivity index (χ1) is 17.1. The van der Waals surface area contributed by atoms with Gasteiger partial charge in [0, 0.05) is 29.4 Å². The summed E-state index contributed by atoms with van der Waals surface area (Å²) in [5, 5.41) is 26.0. The number of thioether (sulfide) groups is 1. The lowest BCUT2D eigenvalue weighted by atomic mass is 10.2. The predicted octanol–water partition coefficient (Wildman–Crippen LogP) is 5.21. The number of hydrogen-bond donors (Lipinski definition) is 2. The monoisotopic (exact) mass is 548 g/mol. The lowest BCUT2D eigenvalue weighted by Crippen LogP contribution is -2.29. The number of benzene rings is 2. The number of nitrogens with zero attached hydrogens (tertiary/aromatic N) is 4. The number of nitro benzene ring substituents is 1. The fraction of sp³-hybridized carbons (Fsp3) is 0.217. The van der Waals surface area contributed by atoms with Crippen molar-refractivity contribution in [2.75, 3.05) is 11.1 Å². The summed E-state index contributed by atoms with van der Waals surface area (Å²) in [6.07, 6.45) is 1.65. The van der Waals surface area contributed by atoms with E-state index in [4.69, 9.17) is 23.2 Å². The van der Waals surface area contributed by atoms with Gasteiger partial charge < -0.3 is 15.2 Å². The van der Waals surface area contributed by atoms with E-state index in [0.29, 0.717) is 33.8 Å². The number of rotatable bonds is 10. The molecule has 3 rings (SSSR count). The second-order valence-corrected chi connectivity index (χ2v) is 9.44. The van der Waals surface area contributed by atoms with Crippen LogP contribution in [0.1, 0.15) is 34.7 Å². The zero-order valence-electron chi connectivity index (χ0n) is 19.3. The number of hydrogen-bond acceptors (Lipinski definition) is 7. The summed E-state index contributed by atoms with van der Waals surface area (Å²) in [6.45, 7) is 7.54. The summed E-state index contributed by atoms with van der Waals surface area (Å²) in [7, 11) is 0. The molecule has 3 aromatic rings. The number of non-ortho nitro benzene ring substituents is 1. The fourth-order valence-corrected chi connectivity index (χ4v) is 4.51. The largest absolute Gasteiger partial charge is 0.342 e. The Balaban J connectivity index is 1.68. The second kappa shape index (κ2) is 12.0. The Morgan fingerprint density at radius 2 is 2.00 bits per heavy atom. The van der Waals surface area contributed by atoms with Crippen LogP contribution in [0.3, 0.4) is 0 Å². The molecule has 0 aliphatic heterocycles. The molecule has 1 atom stereocenters. The lowest BCUT2D eigenvalue weighted by molar-refractivity contribution is -0.384. The highest BCUT2D eigenvalue weighted by molar-refractivity contribution is 7.99. The van der Waals surface area contributed by atoms with Gasteiger partial charge in [-0.25, -0.2) is 0 Å². The first-order valence-electron chi connectivity index (χ1n) is 10.6. The molecule has 1 aromatic heterocycles. The predicted molar refractivity (Wildman–Crippen MR) is 140 cm³/mol. The van der Waals surface area contributed by atoms with Gasteiger partial charge in [0.05, 0.1) is 27.3 Å². The summed E-state index contributed by atoms with van der Waals surface area (Å²) >= 11 is 13.2. The molecule has 0 aliphatic carbocycles. The van der Waals surface area contributed by atoms with Crippen molar-refractivity contribution >= 4 is 58.2 Å². The molecule has 0 spiro atoms. The van der Waals surface area contributed by atoms with Gasteiger partial charge in [0.25, 0.3) is 11.6 Å². The number of carbonyl (C=O) groups is 2. The van der Waals surface area contributed by atoms with Crippen molar-refractivity contribution < 1.29 is 14.5 Å². The van der Waals surface area contributed by atoms with Crippen LogP contribution in [0.5, 0.6) is 0 Å². The molecule has 0 bridgehead atoms. The van der Waals surface area contributed by atoms with Crippen LogP contribution in [-0.4, -0.2) is 37.3 Å². The second-order valence-electron chi connectivity index (χ2n) is 7.65. The summed E-state index contributed by atoms with van der Waals surface area (Å²) in [5.74, 6) is -0.218. The van der Waals surface area contributed by atoms with E-state index in [0.717, 1.165) is 11.8 Å². The van der Waals surface area contributed by atoms with Crippen molar-refractivity contribution in [1.82, 2.24) is 20.1 Å². The Kier molecular flexibility index (Phi) is 9.08. The van der Waals surface area contributed by atoms with E-state index in [9.17, 15) is 19.7 Å². The highest BCUT2D eigenvalue weighted by atomic mass is 35.5. The van der Waals surface area contributed by atoms with Crippen LogP contribution in [-0.2, 0) is 11.3 Å². The molecule has 1 heterocycles. The van der Waals surface area contributed by atoms with Crippen LogP contribution < -0.4 is 10.6 Å². The first-order valence-corrected chi connectivity index (χ1v) is 12.3. The lowest BCUT2D eigenvalue weighted by Gasteiger charge is -2.16. The summed E-state index contributed by atoms with van der Waals surface area (Å²) in [6, 6.07) is 8.28. The van der Waals surface area contributed by atoms with E-state index in [-0.39, 0.29) is 27.9 Å². The van der Waals surface area contributed by atoms with Crippen LogP contribution >= 0.6 is 35.0 Å². The van der Waals surface area contributed by atoms with Crippen molar-refractivity contribution in [1.29, 1.82) is 0 Å². The molecule has 0 radical (unpaired) electrons. The van der Waals surface area contributed by atoms with E-state index in [1.807, 2.05) is 0 Å². The number of allylic oxidation sites excluding steroid dienone is 1. The molecule has 2 N–H and O–H groups in total. The molecule has 36 heavy (non-hydrogen) atoms. The Morgan fingerprint density at radius 3 is 2.64 bits per heavy atom. The van der Waals surface area contributed by atoms with Crippen molar-refractivity contribution in [2.45, 2.75) is 31.6 Å². The van der Waals surface area contributed by atoms with Gasteiger partial charge in [0.1, 0.15) is 0 Å². The third-order valence-corrected chi connectivity index (χ3v) is 6.51. The van der Waals surface area contributed by atoms with Crippen molar-refractivity contribution in [3.05, 3.63) is 86.2 Å². The van der Waals surface area contributed by atoms with Gasteiger partial charge in [0.2, 0.25) is 5.91 Å². The minimum absolute atomic E-state index is 0.0207. The molecule has 0 saturated carbocycles. The van der Waals surface area contributed by atoms with Crippen LogP contribution in [0.15, 0.2) is 54.2 Å². The molecule has 0 aliphatic rings. The number of halogens is 2. The molecule has 13 heteroatoms. The maximum Gasteiger partial charge on any atom is 0.269 e. The zero-order chi connectivity index (χ0) is 26.4. The van der Waals surface area contributed by atoms with Gasteiger partial charge >= 0.3 is 0 Å². The van der Waals surface area contributed by atoms with Gasteiger partial charge in [-0.1, -0.05) is 41.0 Å². The number of aryl methyl sites for hydroxylation is 1. The van der Waals surface area contributed by atoms with Crippen molar-refractivity contribution in [3.63, 3.8) is 0 Å². The molecule has 0 unspecified atom stereocenters. The molecular formula is C23H22Cl2N6O4S. The molecule has 2 aromatic carbocycles. The summed E-state index contributed by atoms with van der Waals surface area (Å²) in [4.78, 5) is 35.6. The van der Waals surface area contributed by atoms with E-state index in [1.165, 1.54) is 30.3 Å². The topological polar surface area (TPSA) is 132 Å². The van der Waals surface area contributed by atoms with Crippen LogP contribution in [0.25, 0.3) is 0 Å². The first kappa shape index (κ1) is 27.2. The minimum atomic E-state index is -0.525. The number of nitrogens with one attached hydrogen (secondary N) is 2. The standard InChI is InChI=1S/C23H22Cl2N6O4S/c1-4-9-30-21(14(3)26-22(33)17-7-5-15(24)11-18(17)25)28-29-23(30)36-12-20(32)27-19-8-6-16(31(34)35)10-13(19)2/h4-8,10-11,14H,1,9,12H2,2-3H3,(H,26,33)(H,27,32)/t14-/m1/s1. The SMILES string of the molecule is C=CCn1c(SCC(=O)Nc2ccc([N+](=O)[O-])cc2C)nnc1[C@@H](C)NC(=O)c1ccc(Cl)cc1Cl. The van der Waals surface area contributed by atoms with Crippen LogP contribution in [0.4, 0.5) is 11.4 Å². The highest BCUT2D eigenvalue weighted by Gasteiger charge is 2.21. The Morgan fingerprint density at radius 1 is 1.25 bits per heavy atom. The number of carbonyl (C=O) groups excluding carboxylic acids is 2. The Bertz CT molecular complexity index is 1330. The smallest absolute Gasteiger partial charge is 0.269 e. The van der Waals surface area contributed by atoms with E-state index in [2.05, 4.69) is 27.4 Å². The average Bonchev–Trinajstić information content (AvgIpc) is 3.21. The Hall–Kier alpha value is -3.41. The number of aromatic nitrogens is 3. The van der Waals surface area contributed by atoms with Crippen LogP contribution in [0, 0.1) is 17.0 Å². The number of amides is 2. The van der Waals surface area contributed by atoms with Crippen molar-refractivity contribution in [3.8, 4) is 0 Å². The zero-order valence-corrected chi connectivity index (χ0v) is 21.7. The number of nitro groups is 1. The van der Waals surface area contributed by atoms with E-state index >= 15 is 0 Å². The minimum Gasteiger partial charge on any atom is -0.342 e. The quantitative estimate of drug-likeness (QED) is 0.154. The van der Waals surface area contributed by atoms with Crippen molar-refractivity contribution in [2.24, 2.45) is 0 Å². The molecule has 2 amide bonds. The van der Waals surface area contributed by atoms with Gasteiger partial charge in [-0.15, -0.1) is 16.8 Å². The molecule has 188 valence electrons. The van der Waals surface area contributed by atoms with E-state index < -0.39 is 16.9 Å². The molecule has 0 fully saturated rings. The van der Waals surface area contributed by atoms with Gasteiger partial charge in [-0.2, -0.15) is 0 Å². The Labute approximate surface area is 221 Å². The van der Waals surface area contributed by atoms with Gasteiger partial charge in [-0.05, 0) is 43.7 Å². The molecule has 10 nitrogen and oxygen atoms in total. The van der Waals surface area contributed by atoms with Gasteiger partial charge in [0.15, 0.2) is 11.0 Å². The maximum absolute atomic E-state index is 12.7. The van der Waals surface area contributed by atoms with Gasteiger partial charge in [-0.3, -0.25) is 19.7 Å². The number of anilines is 1. The average molecular weight is 549 g/mol. The molecular weight excluding hydrogens is 527 g/mol.